The van der Waals surface area contributed by atoms with Gasteiger partial charge >= 0.3 is 0 Å². The summed E-state index contributed by atoms with van der Waals surface area (Å²) < 4.78 is 10.7. The molecule has 0 amide bonds. The topological polar surface area (TPSA) is 79.2 Å². The van der Waals surface area contributed by atoms with Crippen molar-refractivity contribution >= 4 is 0 Å². The minimum Gasteiger partial charge on any atom is -0.388 e. The Labute approximate surface area is 178 Å². The van der Waals surface area contributed by atoms with Crippen LogP contribution in [0.4, 0.5) is 0 Å². The summed E-state index contributed by atoms with van der Waals surface area (Å²) in [6, 6.07) is 0. The maximum absolute atomic E-state index is 9.95. The van der Waals surface area contributed by atoms with E-state index >= 15 is 0 Å². The maximum atomic E-state index is 9.95. The monoisotopic (exact) mass is 414 g/mol. The van der Waals surface area contributed by atoms with Gasteiger partial charge in [-0.05, 0) is 32.1 Å². The minimum atomic E-state index is -1.03. The van der Waals surface area contributed by atoms with Crippen LogP contribution >= 0.6 is 0 Å². The minimum absolute atomic E-state index is 0.0673. The Balaban J connectivity index is 1.78. The predicted octanol–water partition coefficient (Wildman–Crippen LogP) is 4.52. The molecule has 1 aliphatic rings. The lowest BCUT2D eigenvalue weighted by molar-refractivity contribution is -0.0813. The quantitative estimate of drug-likeness (QED) is 0.214. The van der Waals surface area contributed by atoms with E-state index in [-0.39, 0.29) is 13.2 Å². The van der Waals surface area contributed by atoms with E-state index in [1.165, 1.54) is 77.0 Å². The van der Waals surface area contributed by atoms with E-state index in [2.05, 4.69) is 19.1 Å². The first kappa shape index (κ1) is 26.6. The molecule has 0 aromatic heterocycles. The normalized spacial score (nSPS) is 23.2. The van der Waals surface area contributed by atoms with Crippen LogP contribution in [0.15, 0.2) is 12.2 Å². The zero-order valence-corrected chi connectivity index (χ0v) is 18.6. The molecule has 1 heterocycles. The van der Waals surface area contributed by atoms with E-state index in [1.54, 1.807) is 0 Å². The number of allylic oxidation sites excluding steroid dienone is 2. The number of rotatable bonds is 19. The van der Waals surface area contributed by atoms with Crippen LogP contribution in [0.5, 0.6) is 0 Å². The second-order valence-electron chi connectivity index (χ2n) is 8.44. The van der Waals surface area contributed by atoms with E-state index in [0.29, 0.717) is 6.61 Å². The molecule has 0 radical (unpaired) electrons. The fraction of sp³-hybridized carbons (Fsp3) is 0.917. The SMILES string of the molecule is CCCCCCCC/C=C/CCCCCCCCOC[C@@H](O)[C@H]1OC[C@H](O)[C@H]1O. The highest BCUT2D eigenvalue weighted by Gasteiger charge is 2.39. The van der Waals surface area contributed by atoms with Crippen molar-refractivity contribution in [3.05, 3.63) is 12.2 Å². The molecular weight excluding hydrogens is 368 g/mol. The highest BCUT2D eigenvalue weighted by Crippen LogP contribution is 2.18. The van der Waals surface area contributed by atoms with Gasteiger partial charge in [0.25, 0.3) is 0 Å². The van der Waals surface area contributed by atoms with Crippen LogP contribution in [0.2, 0.25) is 0 Å². The van der Waals surface area contributed by atoms with Gasteiger partial charge in [0.2, 0.25) is 0 Å². The van der Waals surface area contributed by atoms with Gasteiger partial charge in [0.1, 0.15) is 24.4 Å². The Kier molecular flexibility index (Phi) is 16.8. The molecule has 4 atom stereocenters. The van der Waals surface area contributed by atoms with E-state index in [4.69, 9.17) is 9.47 Å². The van der Waals surface area contributed by atoms with Crippen molar-refractivity contribution in [3.8, 4) is 0 Å². The lowest BCUT2D eigenvalue weighted by atomic mass is 10.1. The third kappa shape index (κ3) is 13.5. The largest absolute Gasteiger partial charge is 0.388 e. The lowest BCUT2D eigenvalue weighted by Gasteiger charge is -2.20. The van der Waals surface area contributed by atoms with Crippen LogP contribution in [0, 0.1) is 0 Å². The molecule has 1 rings (SSSR count). The van der Waals surface area contributed by atoms with Gasteiger partial charge in [-0.15, -0.1) is 0 Å². The summed E-state index contributed by atoms with van der Waals surface area (Å²) in [5.41, 5.74) is 0. The van der Waals surface area contributed by atoms with Crippen molar-refractivity contribution in [2.24, 2.45) is 0 Å². The lowest BCUT2D eigenvalue weighted by Crippen LogP contribution is -2.40. The molecule has 0 spiro atoms. The first-order valence-electron chi connectivity index (χ1n) is 12.0. The van der Waals surface area contributed by atoms with Gasteiger partial charge in [-0.1, -0.05) is 76.9 Å². The molecule has 5 nitrogen and oxygen atoms in total. The van der Waals surface area contributed by atoms with Gasteiger partial charge in [0, 0.05) is 6.61 Å². The Morgan fingerprint density at radius 3 is 1.97 bits per heavy atom. The molecule has 0 saturated carbocycles. The first-order chi connectivity index (χ1) is 14.2. The standard InChI is InChI=1S/C24H46O5/c1-2-3-4-5-6-7-8-9-10-11-12-13-14-15-16-17-18-28-19-22(26)24-23(27)21(25)20-29-24/h9-10,21-27H,2-8,11-20H2,1H3/b10-9+/t21-,22+,23+,24+/m0/s1. The van der Waals surface area contributed by atoms with Gasteiger partial charge in [-0.3, -0.25) is 0 Å². The fourth-order valence-electron chi connectivity index (χ4n) is 3.72. The molecule has 5 heteroatoms. The molecule has 0 aliphatic carbocycles. The van der Waals surface area contributed by atoms with Crippen molar-refractivity contribution in [1.29, 1.82) is 0 Å². The summed E-state index contributed by atoms with van der Waals surface area (Å²) in [6.45, 7) is 3.08. The maximum Gasteiger partial charge on any atom is 0.114 e. The molecule has 1 aliphatic heterocycles. The summed E-state index contributed by atoms with van der Waals surface area (Å²) >= 11 is 0. The van der Waals surface area contributed by atoms with E-state index in [9.17, 15) is 15.3 Å². The predicted molar refractivity (Wildman–Crippen MR) is 118 cm³/mol. The Hall–Kier alpha value is -0.460. The summed E-state index contributed by atoms with van der Waals surface area (Å²) in [5, 5.41) is 29.0. The third-order valence-electron chi connectivity index (χ3n) is 5.66. The van der Waals surface area contributed by atoms with Crippen LogP contribution < -0.4 is 0 Å². The van der Waals surface area contributed by atoms with Crippen molar-refractivity contribution in [2.75, 3.05) is 19.8 Å². The molecule has 3 N–H and O–H groups in total. The Morgan fingerprint density at radius 1 is 0.862 bits per heavy atom. The highest BCUT2D eigenvalue weighted by atomic mass is 16.5. The summed E-state index contributed by atoms with van der Waals surface area (Å²) in [7, 11) is 0. The van der Waals surface area contributed by atoms with Crippen molar-refractivity contribution < 1.29 is 24.8 Å². The Morgan fingerprint density at radius 2 is 1.41 bits per heavy atom. The van der Waals surface area contributed by atoms with Crippen molar-refractivity contribution in [1.82, 2.24) is 0 Å². The molecule has 1 fully saturated rings. The molecule has 172 valence electrons. The van der Waals surface area contributed by atoms with E-state index in [0.717, 1.165) is 12.8 Å². The van der Waals surface area contributed by atoms with Crippen LogP contribution in [-0.2, 0) is 9.47 Å². The Bertz CT molecular complexity index is 387. The van der Waals surface area contributed by atoms with Crippen molar-refractivity contribution in [2.45, 2.75) is 121 Å². The number of unbranched alkanes of at least 4 members (excludes halogenated alkanes) is 12. The number of ether oxygens (including phenoxy) is 2. The van der Waals surface area contributed by atoms with Crippen LogP contribution in [0.1, 0.15) is 96.8 Å². The van der Waals surface area contributed by atoms with Crippen molar-refractivity contribution in [3.63, 3.8) is 0 Å². The number of hydrogen-bond donors (Lipinski definition) is 3. The molecule has 0 aromatic rings. The highest BCUT2D eigenvalue weighted by molar-refractivity contribution is 4.87. The summed E-state index contributed by atoms with van der Waals surface area (Å²) in [5.74, 6) is 0. The fourth-order valence-corrected chi connectivity index (χ4v) is 3.72. The molecular formula is C24H46O5. The van der Waals surface area contributed by atoms with Crippen LogP contribution in [-0.4, -0.2) is 59.6 Å². The molecule has 1 saturated heterocycles. The van der Waals surface area contributed by atoms with Crippen LogP contribution in [0.3, 0.4) is 0 Å². The van der Waals surface area contributed by atoms with Gasteiger partial charge in [0.15, 0.2) is 0 Å². The molecule has 0 aromatic carbocycles. The average Bonchev–Trinajstić information content (AvgIpc) is 3.05. The smallest absolute Gasteiger partial charge is 0.114 e. The van der Waals surface area contributed by atoms with E-state index in [1.807, 2.05) is 0 Å². The second-order valence-corrected chi connectivity index (χ2v) is 8.44. The second kappa shape index (κ2) is 18.3. The average molecular weight is 415 g/mol. The molecule has 0 bridgehead atoms. The van der Waals surface area contributed by atoms with Gasteiger partial charge in [0.05, 0.1) is 13.2 Å². The number of aliphatic hydroxyl groups excluding tert-OH is 3. The van der Waals surface area contributed by atoms with Gasteiger partial charge in [-0.2, -0.15) is 0 Å². The van der Waals surface area contributed by atoms with Gasteiger partial charge < -0.3 is 24.8 Å². The number of aliphatic hydroxyl groups is 3. The molecule has 0 unspecified atom stereocenters. The third-order valence-corrected chi connectivity index (χ3v) is 5.66. The molecule has 29 heavy (non-hydrogen) atoms. The summed E-state index contributed by atoms with van der Waals surface area (Å²) in [6.07, 6.45) is 19.0. The zero-order valence-electron chi connectivity index (χ0n) is 18.6. The number of hydrogen-bond acceptors (Lipinski definition) is 5. The zero-order chi connectivity index (χ0) is 21.2. The summed E-state index contributed by atoms with van der Waals surface area (Å²) in [4.78, 5) is 0. The van der Waals surface area contributed by atoms with E-state index < -0.39 is 24.4 Å². The van der Waals surface area contributed by atoms with Gasteiger partial charge in [-0.25, -0.2) is 0 Å². The first-order valence-corrected chi connectivity index (χ1v) is 12.0. The van der Waals surface area contributed by atoms with Crippen LogP contribution in [0.25, 0.3) is 0 Å².